The second kappa shape index (κ2) is 10.7. The second-order valence-electron chi connectivity index (χ2n) is 7.61. The van der Waals surface area contributed by atoms with Gasteiger partial charge in [-0.15, -0.1) is 0 Å². The smallest absolute Gasteiger partial charge is 0.255 e. The lowest BCUT2D eigenvalue weighted by Gasteiger charge is -2.12. The fourth-order valence-electron chi connectivity index (χ4n) is 3.35. The summed E-state index contributed by atoms with van der Waals surface area (Å²) in [5.74, 6) is -1.22. The SMILES string of the molecule is O=C(NCc1ccccc1)c1cc(C(=O)Nc2ccccc2)cc(C(=O)Nc2ccccc2)c1. The molecule has 0 aliphatic carbocycles. The van der Waals surface area contributed by atoms with Crippen molar-refractivity contribution < 1.29 is 14.4 Å². The third-order valence-corrected chi connectivity index (χ3v) is 5.08. The Bertz CT molecular complexity index is 1220. The number of nitrogens with one attached hydrogen (secondary N) is 3. The van der Waals surface area contributed by atoms with Gasteiger partial charge in [0.05, 0.1) is 0 Å². The topological polar surface area (TPSA) is 87.3 Å². The van der Waals surface area contributed by atoms with E-state index in [1.54, 1.807) is 24.3 Å². The van der Waals surface area contributed by atoms with Crippen LogP contribution in [-0.4, -0.2) is 17.7 Å². The van der Waals surface area contributed by atoms with Gasteiger partial charge < -0.3 is 16.0 Å². The molecule has 0 heterocycles. The third-order valence-electron chi connectivity index (χ3n) is 5.08. The number of para-hydroxylation sites is 2. The number of carbonyl (C=O) groups excluding carboxylic acids is 3. The van der Waals surface area contributed by atoms with Crippen LogP contribution in [0.25, 0.3) is 0 Å². The molecule has 0 unspecified atom stereocenters. The minimum Gasteiger partial charge on any atom is -0.348 e. The van der Waals surface area contributed by atoms with Gasteiger partial charge in [-0.05, 0) is 48.0 Å². The number of hydrogen-bond donors (Lipinski definition) is 3. The Morgan fingerprint density at radius 2 is 0.882 bits per heavy atom. The summed E-state index contributed by atoms with van der Waals surface area (Å²) in [4.78, 5) is 38.8. The maximum absolute atomic E-state index is 12.9. The normalized spacial score (nSPS) is 10.2. The number of rotatable bonds is 7. The Kier molecular flexibility index (Phi) is 7.10. The van der Waals surface area contributed by atoms with Gasteiger partial charge in [0.2, 0.25) is 0 Å². The minimum atomic E-state index is -0.419. The van der Waals surface area contributed by atoms with E-state index in [4.69, 9.17) is 0 Å². The van der Waals surface area contributed by atoms with Gasteiger partial charge in [-0.2, -0.15) is 0 Å². The summed E-state index contributed by atoms with van der Waals surface area (Å²) in [5.41, 5.74) is 2.79. The lowest BCUT2D eigenvalue weighted by Crippen LogP contribution is -2.24. The Morgan fingerprint density at radius 1 is 0.500 bits per heavy atom. The van der Waals surface area contributed by atoms with E-state index in [2.05, 4.69) is 16.0 Å². The number of hydrogen-bond acceptors (Lipinski definition) is 3. The average Bonchev–Trinajstić information content (AvgIpc) is 2.88. The molecule has 4 rings (SSSR count). The fraction of sp³-hybridized carbons (Fsp3) is 0.0357. The van der Waals surface area contributed by atoms with Crippen LogP contribution in [0.4, 0.5) is 11.4 Å². The maximum Gasteiger partial charge on any atom is 0.255 e. The van der Waals surface area contributed by atoms with Crippen LogP contribution in [0.15, 0.2) is 109 Å². The zero-order chi connectivity index (χ0) is 23.8. The first-order chi connectivity index (χ1) is 16.6. The zero-order valence-corrected chi connectivity index (χ0v) is 18.3. The van der Waals surface area contributed by atoms with Crippen LogP contribution < -0.4 is 16.0 Å². The first-order valence-corrected chi connectivity index (χ1v) is 10.8. The molecule has 0 atom stereocenters. The molecule has 0 saturated heterocycles. The molecule has 0 fully saturated rings. The molecule has 0 aliphatic rings. The summed E-state index contributed by atoms with van der Waals surface area (Å²) in [6.07, 6.45) is 0. The Labute approximate surface area is 197 Å². The molecule has 34 heavy (non-hydrogen) atoms. The maximum atomic E-state index is 12.9. The van der Waals surface area contributed by atoms with E-state index in [-0.39, 0.29) is 22.6 Å². The van der Waals surface area contributed by atoms with Crippen LogP contribution in [0.3, 0.4) is 0 Å². The van der Waals surface area contributed by atoms with Crippen LogP contribution in [-0.2, 0) is 6.54 Å². The monoisotopic (exact) mass is 449 g/mol. The first kappa shape index (κ1) is 22.5. The molecule has 0 bridgehead atoms. The van der Waals surface area contributed by atoms with E-state index in [0.29, 0.717) is 17.9 Å². The van der Waals surface area contributed by atoms with Crippen LogP contribution >= 0.6 is 0 Å². The molecule has 0 aromatic heterocycles. The Morgan fingerprint density at radius 3 is 1.32 bits per heavy atom. The molecule has 168 valence electrons. The van der Waals surface area contributed by atoms with Crippen molar-refractivity contribution in [3.63, 3.8) is 0 Å². The highest BCUT2D eigenvalue weighted by molar-refractivity contribution is 6.11. The quantitative estimate of drug-likeness (QED) is 0.366. The van der Waals surface area contributed by atoms with Crippen molar-refractivity contribution in [2.24, 2.45) is 0 Å². The molecule has 6 heteroatoms. The molecular weight excluding hydrogens is 426 g/mol. The van der Waals surface area contributed by atoms with E-state index in [9.17, 15) is 14.4 Å². The zero-order valence-electron chi connectivity index (χ0n) is 18.3. The highest BCUT2D eigenvalue weighted by Gasteiger charge is 2.17. The predicted molar refractivity (Wildman–Crippen MR) is 133 cm³/mol. The first-order valence-electron chi connectivity index (χ1n) is 10.8. The highest BCUT2D eigenvalue weighted by Crippen LogP contribution is 2.16. The number of carbonyl (C=O) groups is 3. The van der Waals surface area contributed by atoms with Gasteiger partial charge in [-0.1, -0.05) is 66.7 Å². The van der Waals surface area contributed by atoms with Crippen molar-refractivity contribution in [3.8, 4) is 0 Å². The second-order valence-corrected chi connectivity index (χ2v) is 7.61. The summed E-state index contributed by atoms with van der Waals surface area (Å²) in [7, 11) is 0. The Balaban J connectivity index is 1.60. The van der Waals surface area contributed by atoms with Gasteiger partial charge in [-0.3, -0.25) is 14.4 Å². The number of amides is 3. The van der Waals surface area contributed by atoms with Crippen molar-refractivity contribution in [2.75, 3.05) is 10.6 Å². The van der Waals surface area contributed by atoms with Crippen molar-refractivity contribution >= 4 is 29.1 Å². The molecule has 4 aromatic carbocycles. The summed E-state index contributed by atoms with van der Waals surface area (Å²) < 4.78 is 0. The van der Waals surface area contributed by atoms with E-state index >= 15 is 0 Å². The van der Waals surface area contributed by atoms with E-state index in [0.717, 1.165) is 5.56 Å². The van der Waals surface area contributed by atoms with Crippen LogP contribution in [0, 0.1) is 0 Å². The van der Waals surface area contributed by atoms with Crippen molar-refractivity contribution in [3.05, 3.63) is 131 Å². The molecule has 0 saturated carbocycles. The standard InChI is InChI=1S/C28H23N3O3/c32-26(29-19-20-10-4-1-5-11-20)21-16-22(27(33)30-24-12-6-2-7-13-24)18-23(17-21)28(34)31-25-14-8-3-9-15-25/h1-18H,19H2,(H,29,32)(H,30,33)(H,31,34). The van der Waals surface area contributed by atoms with Crippen molar-refractivity contribution in [1.29, 1.82) is 0 Å². The van der Waals surface area contributed by atoms with Gasteiger partial charge in [0, 0.05) is 34.6 Å². The molecule has 0 spiro atoms. The lowest BCUT2D eigenvalue weighted by atomic mass is 10.0. The minimum absolute atomic E-state index is 0.203. The third kappa shape index (κ3) is 5.95. The largest absolute Gasteiger partial charge is 0.348 e. The summed E-state index contributed by atoms with van der Waals surface area (Å²) in [5, 5.41) is 8.44. The molecule has 0 radical (unpaired) electrons. The summed E-state index contributed by atoms with van der Waals surface area (Å²) in [6.45, 7) is 0.325. The number of benzene rings is 4. The molecule has 3 amide bonds. The van der Waals surface area contributed by atoms with Gasteiger partial charge >= 0.3 is 0 Å². The number of anilines is 2. The van der Waals surface area contributed by atoms with Crippen LogP contribution in [0.5, 0.6) is 0 Å². The average molecular weight is 450 g/mol. The van der Waals surface area contributed by atoms with E-state index < -0.39 is 11.8 Å². The summed E-state index contributed by atoms with van der Waals surface area (Å²) in [6, 6.07) is 31.9. The lowest BCUT2D eigenvalue weighted by molar-refractivity contribution is 0.0951. The molecular formula is C28H23N3O3. The van der Waals surface area contributed by atoms with Crippen molar-refractivity contribution in [2.45, 2.75) is 6.54 Å². The fourth-order valence-corrected chi connectivity index (χ4v) is 3.35. The Hall–Kier alpha value is -4.71. The predicted octanol–water partition coefficient (Wildman–Crippen LogP) is 5.12. The van der Waals surface area contributed by atoms with Gasteiger partial charge in [0.15, 0.2) is 0 Å². The van der Waals surface area contributed by atoms with Crippen LogP contribution in [0.1, 0.15) is 36.6 Å². The van der Waals surface area contributed by atoms with Gasteiger partial charge in [0.1, 0.15) is 0 Å². The highest BCUT2D eigenvalue weighted by atomic mass is 16.2. The van der Waals surface area contributed by atoms with Crippen molar-refractivity contribution in [1.82, 2.24) is 5.32 Å². The van der Waals surface area contributed by atoms with E-state index in [1.807, 2.05) is 66.7 Å². The molecule has 6 nitrogen and oxygen atoms in total. The van der Waals surface area contributed by atoms with E-state index in [1.165, 1.54) is 18.2 Å². The molecule has 0 aliphatic heterocycles. The molecule has 4 aromatic rings. The van der Waals surface area contributed by atoms with Gasteiger partial charge in [-0.25, -0.2) is 0 Å². The van der Waals surface area contributed by atoms with Crippen LogP contribution in [0.2, 0.25) is 0 Å². The van der Waals surface area contributed by atoms with Gasteiger partial charge in [0.25, 0.3) is 17.7 Å². The molecule has 3 N–H and O–H groups in total. The summed E-state index contributed by atoms with van der Waals surface area (Å²) >= 11 is 0.